The zero-order valence-electron chi connectivity index (χ0n) is 16.2. The molecule has 156 valence electrons. The van der Waals surface area contributed by atoms with Gasteiger partial charge in [0, 0.05) is 18.8 Å². The first kappa shape index (κ1) is 21.1. The first-order chi connectivity index (χ1) is 14.0. The molecular formula is C20H24N2O6S. The van der Waals surface area contributed by atoms with E-state index in [-0.39, 0.29) is 23.8 Å². The van der Waals surface area contributed by atoms with E-state index in [1.165, 1.54) is 16.4 Å². The molecule has 1 saturated heterocycles. The van der Waals surface area contributed by atoms with Gasteiger partial charge in [-0.15, -0.1) is 0 Å². The summed E-state index contributed by atoms with van der Waals surface area (Å²) >= 11 is 0. The Morgan fingerprint density at radius 1 is 1.10 bits per heavy atom. The largest absolute Gasteiger partial charge is 0.497 e. The molecular weight excluding hydrogens is 396 g/mol. The summed E-state index contributed by atoms with van der Waals surface area (Å²) in [6.07, 6.45) is 0.131. The third-order valence-electron chi connectivity index (χ3n) is 4.38. The highest BCUT2D eigenvalue weighted by molar-refractivity contribution is 7.89. The molecule has 1 fully saturated rings. The van der Waals surface area contributed by atoms with E-state index in [1.54, 1.807) is 43.5 Å². The second-order valence-electron chi connectivity index (χ2n) is 6.37. The molecule has 0 aliphatic carbocycles. The van der Waals surface area contributed by atoms with E-state index in [9.17, 15) is 13.2 Å². The zero-order chi connectivity index (χ0) is 20.7. The molecule has 1 aliphatic heterocycles. The van der Waals surface area contributed by atoms with Crippen LogP contribution in [0.4, 0.5) is 5.69 Å². The number of benzene rings is 2. The van der Waals surface area contributed by atoms with Crippen molar-refractivity contribution in [3.05, 3.63) is 48.5 Å². The number of hydrogen-bond acceptors (Lipinski definition) is 6. The minimum atomic E-state index is -3.61. The Balaban J connectivity index is 1.54. The van der Waals surface area contributed by atoms with E-state index >= 15 is 0 Å². The third-order valence-corrected chi connectivity index (χ3v) is 6.28. The molecule has 2 aromatic carbocycles. The fourth-order valence-electron chi connectivity index (χ4n) is 2.83. The number of carbonyl (C=O) groups excluding carboxylic acids is 1. The Morgan fingerprint density at radius 2 is 1.79 bits per heavy atom. The van der Waals surface area contributed by atoms with Crippen LogP contribution in [0.1, 0.15) is 6.42 Å². The highest BCUT2D eigenvalue weighted by atomic mass is 32.2. The van der Waals surface area contributed by atoms with Crippen LogP contribution in [-0.2, 0) is 19.6 Å². The van der Waals surface area contributed by atoms with Gasteiger partial charge in [0.2, 0.25) is 15.9 Å². The normalized spacial score (nSPS) is 14.9. The van der Waals surface area contributed by atoms with Crippen molar-refractivity contribution in [1.29, 1.82) is 0 Å². The number of sulfonamides is 1. The molecule has 0 aromatic heterocycles. The summed E-state index contributed by atoms with van der Waals surface area (Å²) in [5, 5.41) is 2.72. The summed E-state index contributed by atoms with van der Waals surface area (Å²) in [5.41, 5.74) is 0.425. The van der Waals surface area contributed by atoms with Crippen molar-refractivity contribution in [1.82, 2.24) is 4.31 Å². The molecule has 0 saturated carbocycles. The average Bonchev–Trinajstić information content (AvgIpc) is 2.75. The second kappa shape index (κ2) is 9.73. The van der Waals surface area contributed by atoms with Gasteiger partial charge >= 0.3 is 0 Å². The number of anilines is 1. The second-order valence-corrected chi connectivity index (χ2v) is 8.30. The maximum atomic E-state index is 12.7. The van der Waals surface area contributed by atoms with E-state index in [0.717, 1.165) is 5.75 Å². The van der Waals surface area contributed by atoms with Crippen LogP contribution in [0.5, 0.6) is 11.5 Å². The van der Waals surface area contributed by atoms with Crippen LogP contribution < -0.4 is 14.8 Å². The van der Waals surface area contributed by atoms with Crippen LogP contribution in [0.15, 0.2) is 53.4 Å². The van der Waals surface area contributed by atoms with Crippen LogP contribution in [0, 0.1) is 0 Å². The highest BCUT2D eigenvalue weighted by Gasteiger charge is 2.26. The predicted molar refractivity (Wildman–Crippen MR) is 108 cm³/mol. The third kappa shape index (κ3) is 5.69. The van der Waals surface area contributed by atoms with Crippen LogP contribution >= 0.6 is 0 Å². The van der Waals surface area contributed by atoms with Crippen LogP contribution in [-0.4, -0.2) is 58.7 Å². The van der Waals surface area contributed by atoms with Gasteiger partial charge in [0.25, 0.3) is 0 Å². The number of morpholine rings is 1. The van der Waals surface area contributed by atoms with Crippen molar-refractivity contribution in [3.8, 4) is 11.5 Å². The van der Waals surface area contributed by atoms with Gasteiger partial charge in [-0.3, -0.25) is 4.79 Å². The summed E-state index contributed by atoms with van der Waals surface area (Å²) in [6.45, 7) is 1.60. The van der Waals surface area contributed by atoms with Crippen molar-refractivity contribution < 1.29 is 27.4 Å². The van der Waals surface area contributed by atoms with E-state index < -0.39 is 10.0 Å². The van der Waals surface area contributed by atoms with Crippen LogP contribution in [0.3, 0.4) is 0 Å². The Labute approximate surface area is 170 Å². The lowest BCUT2D eigenvalue weighted by atomic mass is 10.3. The van der Waals surface area contributed by atoms with E-state index in [0.29, 0.717) is 37.7 Å². The summed E-state index contributed by atoms with van der Waals surface area (Å²) in [5.74, 6) is 1.10. The lowest BCUT2D eigenvalue weighted by molar-refractivity contribution is -0.116. The Kier molecular flexibility index (Phi) is 7.08. The lowest BCUT2D eigenvalue weighted by Crippen LogP contribution is -2.40. The SMILES string of the molecule is COc1ccc(OCCC(=O)Nc2cccc(S(=O)(=O)N3CCOCC3)c2)cc1. The Bertz CT molecular complexity index is 924. The van der Waals surface area contributed by atoms with Crippen molar-refractivity contribution in [2.75, 3.05) is 45.3 Å². The van der Waals surface area contributed by atoms with E-state index in [4.69, 9.17) is 14.2 Å². The summed E-state index contributed by atoms with van der Waals surface area (Å²) in [6, 6.07) is 13.3. The molecule has 3 rings (SSSR count). The first-order valence-corrected chi connectivity index (χ1v) is 10.7. The number of rotatable bonds is 8. The molecule has 2 aromatic rings. The van der Waals surface area contributed by atoms with Gasteiger partial charge in [-0.25, -0.2) is 8.42 Å². The molecule has 0 unspecified atom stereocenters. The van der Waals surface area contributed by atoms with Crippen molar-refractivity contribution >= 4 is 21.6 Å². The molecule has 9 heteroatoms. The maximum absolute atomic E-state index is 12.7. The topological polar surface area (TPSA) is 94.2 Å². The molecule has 1 amide bonds. The molecule has 0 spiro atoms. The monoisotopic (exact) mass is 420 g/mol. The van der Waals surface area contributed by atoms with E-state index in [1.807, 2.05) is 0 Å². The Morgan fingerprint density at radius 3 is 2.48 bits per heavy atom. The summed E-state index contributed by atoms with van der Waals surface area (Å²) in [7, 11) is -2.03. The summed E-state index contributed by atoms with van der Waals surface area (Å²) < 4.78 is 42.7. The molecule has 0 radical (unpaired) electrons. The molecule has 1 heterocycles. The van der Waals surface area contributed by atoms with Gasteiger partial charge in [0.15, 0.2) is 0 Å². The van der Waals surface area contributed by atoms with Gasteiger partial charge in [-0.05, 0) is 42.5 Å². The molecule has 0 atom stereocenters. The Hall–Kier alpha value is -2.62. The summed E-state index contributed by atoms with van der Waals surface area (Å²) in [4.78, 5) is 12.3. The molecule has 29 heavy (non-hydrogen) atoms. The first-order valence-electron chi connectivity index (χ1n) is 9.24. The fraction of sp³-hybridized carbons (Fsp3) is 0.350. The van der Waals surface area contributed by atoms with Gasteiger partial charge in [0.1, 0.15) is 11.5 Å². The van der Waals surface area contributed by atoms with Crippen LogP contribution in [0.25, 0.3) is 0 Å². The van der Waals surface area contributed by atoms with E-state index in [2.05, 4.69) is 5.32 Å². The van der Waals surface area contributed by atoms with Crippen LogP contribution in [0.2, 0.25) is 0 Å². The van der Waals surface area contributed by atoms with Crippen molar-refractivity contribution in [2.45, 2.75) is 11.3 Å². The number of hydrogen-bond donors (Lipinski definition) is 1. The van der Waals surface area contributed by atoms with Gasteiger partial charge in [0.05, 0.1) is 38.2 Å². The lowest BCUT2D eigenvalue weighted by Gasteiger charge is -2.26. The number of nitrogens with zero attached hydrogens (tertiary/aromatic N) is 1. The van der Waals surface area contributed by atoms with Gasteiger partial charge in [-0.1, -0.05) is 6.07 Å². The zero-order valence-corrected chi connectivity index (χ0v) is 17.0. The average molecular weight is 420 g/mol. The number of carbonyl (C=O) groups is 1. The molecule has 1 N–H and O–H groups in total. The molecule has 1 aliphatic rings. The highest BCUT2D eigenvalue weighted by Crippen LogP contribution is 2.21. The fourth-order valence-corrected chi connectivity index (χ4v) is 4.28. The number of amides is 1. The molecule has 0 bridgehead atoms. The smallest absolute Gasteiger partial charge is 0.243 e. The number of nitrogens with one attached hydrogen (secondary N) is 1. The number of methoxy groups -OCH3 is 1. The van der Waals surface area contributed by atoms with Crippen molar-refractivity contribution in [2.24, 2.45) is 0 Å². The maximum Gasteiger partial charge on any atom is 0.243 e. The minimum Gasteiger partial charge on any atom is -0.497 e. The van der Waals surface area contributed by atoms with Gasteiger partial charge in [-0.2, -0.15) is 4.31 Å². The van der Waals surface area contributed by atoms with Crippen molar-refractivity contribution in [3.63, 3.8) is 0 Å². The number of ether oxygens (including phenoxy) is 3. The minimum absolute atomic E-state index is 0.131. The standard InChI is InChI=1S/C20H24N2O6S/c1-26-17-5-7-18(8-6-17)28-12-9-20(23)21-16-3-2-4-19(15-16)29(24,25)22-10-13-27-14-11-22/h2-8,15H,9-14H2,1H3,(H,21,23). The quantitative estimate of drug-likeness (QED) is 0.703. The van der Waals surface area contributed by atoms with Gasteiger partial charge < -0.3 is 19.5 Å². The molecule has 8 nitrogen and oxygen atoms in total. The predicted octanol–water partition coefficient (Wildman–Crippen LogP) is 2.12.